The minimum absolute atomic E-state index is 0. The Labute approximate surface area is 104 Å². The van der Waals surface area contributed by atoms with Crippen LogP contribution in [-0.2, 0) is 20.4 Å². The molecule has 0 heterocycles. The first-order valence-electron chi connectivity index (χ1n) is 4.58. The van der Waals surface area contributed by atoms with Crippen LogP contribution in [0.2, 0.25) is 0 Å². The molecular weight excluding hydrogens is 277 g/mol. The number of hydrogen-bond donors (Lipinski definition) is 0. The molecule has 0 atom stereocenters. The number of nitrogens with zero attached hydrogens (tertiary/aromatic N) is 1. The third-order valence-corrected chi connectivity index (χ3v) is 2.14. The largest absolute Gasteiger partial charge is 2.00 e. The Morgan fingerprint density at radius 1 is 1.00 bits per heavy atom. The van der Waals surface area contributed by atoms with Gasteiger partial charge in [-0.05, 0) is 0 Å². The van der Waals surface area contributed by atoms with E-state index in [0.717, 1.165) is 16.8 Å². The van der Waals surface area contributed by atoms with Gasteiger partial charge >= 0.3 is 20.4 Å². The summed E-state index contributed by atoms with van der Waals surface area (Å²) < 4.78 is 0. The molecule has 0 amide bonds. The summed E-state index contributed by atoms with van der Waals surface area (Å²) in [6, 6.07) is 19.2. The molecule has 0 radical (unpaired) electrons. The SMILES string of the molecule is C[N-]c1ccccc1-c1[c-]cccc1.[Pd+2]. The van der Waals surface area contributed by atoms with Gasteiger partial charge in [-0.2, -0.15) is 5.69 Å². The van der Waals surface area contributed by atoms with Crippen LogP contribution in [0.5, 0.6) is 0 Å². The monoisotopic (exact) mass is 287 g/mol. The second-order valence-corrected chi connectivity index (χ2v) is 3.02. The van der Waals surface area contributed by atoms with Gasteiger partial charge in [-0.15, -0.1) is 48.5 Å². The molecule has 0 aromatic heterocycles. The number of rotatable bonds is 2. The minimum Gasteiger partial charge on any atom is -0.694 e. The predicted octanol–water partition coefficient (Wildman–Crippen LogP) is 3.79. The van der Waals surface area contributed by atoms with Crippen molar-refractivity contribution in [3.8, 4) is 11.1 Å². The van der Waals surface area contributed by atoms with Crippen LogP contribution in [-0.4, -0.2) is 7.05 Å². The Bertz CT molecular complexity index is 412. The zero-order chi connectivity index (χ0) is 9.80. The standard InChI is InChI=1S/C13H11N.Pd/c1-14-13-10-6-5-9-12(13)11-7-3-2-4-8-11;/h2-7,9-10H,1H3;/q-2;+2. The first-order valence-corrected chi connectivity index (χ1v) is 4.58. The Morgan fingerprint density at radius 3 is 2.40 bits per heavy atom. The molecule has 0 spiro atoms. The van der Waals surface area contributed by atoms with E-state index in [1.165, 1.54) is 0 Å². The van der Waals surface area contributed by atoms with E-state index < -0.39 is 0 Å². The first-order chi connectivity index (χ1) is 6.92. The normalized spacial score (nSPS) is 9.13. The Morgan fingerprint density at radius 2 is 1.73 bits per heavy atom. The van der Waals surface area contributed by atoms with Gasteiger partial charge in [0.1, 0.15) is 0 Å². The fraction of sp³-hybridized carbons (Fsp3) is 0.0769. The van der Waals surface area contributed by atoms with Crippen LogP contribution in [0.4, 0.5) is 5.69 Å². The molecular formula is C13H11NPd. The van der Waals surface area contributed by atoms with E-state index in [-0.39, 0.29) is 20.4 Å². The average Bonchev–Trinajstić information content (AvgIpc) is 2.30. The van der Waals surface area contributed by atoms with E-state index in [4.69, 9.17) is 0 Å². The Balaban J connectivity index is 0.00000112. The summed E-state index contributed by atoms with van der Waals surface area (Å²) in [5.74, 6) is 0. The number of hydrogen-bond acceptors (Lipinski definition) is 0. The van der Waals surface area contributed by atoms with Crippen molar-refractivity contribution >= 4 is 5.69 Å². The van der Waals surface area contributed by atoms with Crippen molar-refractivity contribution < 1.29 is 20.4 Å². The Kier molecular flexibility index (Phi) is 4.55. The summed E-state index contributed by atoms with van der Waals surface area (Å²) in [6.07, 6.45) is 0. The van der Waals surface area contributed by atoms with Gasteiger partial charge in [-0.25, -0.2) is 0 Å². The smallest absolute Gasteiger partial charge is 0.694 e. The van der Waals surface area contributed by atoms with Crippen LogP contribution in [0.15, 0.2) is 48.5 Å². The van der Waals surface area contributed by atoms with Gasteiger partial charge in [0.15, 0.2) is 0 Å². The molecule has 0 unspecified atom stereocenters. The fourth-order valence-electron chi connectivity index (χ4n) is 1.46. The van der Waals surface area contributed by atoms with E-state index in [1.807, 2.05) is 49.5 Å². The predicted molar refractivity (Wildman–Crippen MR) is 59.7 cm³/mol. The van der Waals surface area contributed by atoms with Crippen molar-refractivity contribution in [2.45, 2.75) is 0 Å². The van der Waals surface area contributed by atoms with E-state index in [0.29, 0.717) is 0 Å². The molecule has 2 aromatic carbocycles. The summed E-state index contributed by atoms with van der Waals surface area (Å²) >= 11 is 0. The molecule has 1 nitrogen and oxygen atoms in total. The van der Waals surface area contributed by atoms with E-state index in [9.17, 15) is 0 Å². The van der Waals surface area contributed by atoms with Crippen LogP contribution in [0.1, 0.15) is 0 Å². The van der Waals surface area contributed by atoms with Gasteiger partial charge in [0.2, 0.25) is 0 Å². The van der Waals surface area contributed by atoms with E-state index >= 15 is 0 Å². The van der Waals surface area contributed by atoms with Crippen molar-refractivity contribution in [1.82, 2.24) is 0 Å². The molecule has 2 heteroatoms. The Hall–Kier alpha value is -1.10. The quantitative estimate of drug-likeness (QED) is 0.589. The molecule has 0 bridgehead atoms. The van der Waals surface area contributed by atoms with Gasteiger partial charge in [-0.1, -0.05) is 24.3 Å². The minimum atomic E-state index is 0. The first kappa shape index (κ1) is 12.0. The van der Waals surface area contributed by atoms with Gasteiger partial charge in [0, 0.05) is 0 Å². The van der Waals surface area contributed by atoms with Crippen LogP contribution in [0, 0.1) is 6.07 Å². The molecule has 0 saturated heterocycles. The second kappa shape index (κ2) is 5.70. The van der Waals surface area contributed by atoms with Crippen molar-refractivity contribution in [3.63, 3.8) is 0 Å². The maximum atomic E-state index is 4.23. The van der Waals surface area contributed by atoms with Crippen molar-refractivity contribution in [2.24, 2.45) is 0 Å². The summed E-state index contributed by atoms with van der Waals surface area (Å²) in [5, 5.41) is 4.23. The summed E-state index contributed by atoms with van der Waals surface area (Å²) in [5.41, 5.74) is 3.24. The molecule has 2 rings (SSSR count). The molecule has 0 saturated carbocycles. The van der Waals surface area contributed by atoms with Crippen LogP contribution >= 0.6 is 0 Å². The molecule has 0 aliphatic heterocycles. The molecule has 2 aromatic rings. The second-order valence-electron chi connectivity index (χ2n) is 3.02. The summed E-state index contributed by atoms with van der Waals surface area (Å²) in [7, 11) is 1.81. The average molecular weight is 288 g/mol. The maximum absolute atomic E-state index is 4.23. The topological polar surface area (TPSA) is 14.1 Å². The maximum Gasteiger partial charge on any atom is 2.00 e. The van der Waals surface area contributed by atoms with Crippen molar-refractivity contribution in [1.29, 1.82) is 0 Å². The molecule has 78 valence electrons. The van der Waals surface area contributed by atoms with E-state index in [1.54, 1.807) is 0 Å². The van der Waals surface area contributed by atoms with Crippen LogP contribution < -0.4 is 0 Å². The zero-order valence-electron chi connectivity index (χ0n) is 8.38. The van der Waals surface area contributed by atoms with Gasteiger partial charge in [0.05, 0.1) is 0 Å². The van der Waals surface area contributed by atoms with Gasteiger partial charge in [-0.3, -0.25) is 0 Å². The number of para-hydroxylation sites is 1. The summed E-state index contributed by atoms with van der Waals surface area (Å²) in [4.78, 5) is 0. The van der Waals surface area contributed by atoms with Crippen LogP contribution in [0.3, 0.4) is 0 Å². The summed E-state index contributed by atoms with van der Waals surface area (Å²) in [6.45, 7) is 0. The molecule has 15 heavy (non-hydrogen) atoms. The van der Waals surface area contributed by atoms with E-state index in [2.05, 4.69) is 17.4 Å². The molecule has 0 N–H and O–H groups in total. The van der Waals surface area contributed by atoms with Crippen molar-refractivity contribution in [2.75, 3.05) is 7.05 Å². The third-order valence-electron chi connectivity index (χ3n) is 2.14. The third kappa shape index (κ3) is 2.68. The van der Waals surface area contributed by atoms with Crippen LogP contribution in [0.25, 0.3) is 16.4 Å². The van der Waals surface area contributed by atoms with Gasteiger partial charge in [0.25, 0.3) is 0 Å². The number of benzene rings is 2. The molecule has 0 fully saturated rings. The van der Waals surface area contributed by atoms with Crippen molar-refractivity contribution in [3.05, 3.63) is 59.9 Å². The molecule has 0 aliphatic rings. The fourth-order valence-corrected chi connectivity index (χ4v) is 1.46. The molecule has 0 aliphatic carbocycles. The zero-order valence-corrected chi connectivity index (χ0v) is 9.94. The van der Waals surface area contributed by atoms with Gasteiger partial charge < -0.3 is 5.32 Å².